The maximum atomic E-state index is 12.5. The van der Waals surface area contributed by atoms with Crippen molar-refractivity contribution in [2.45, 2.75) is 26.1 Å². The number of ether oxygens (including phenoxy) is 1. The summed E-state index contributed by atoms with van der Waals surface area (Å²) in [6.45, 7) is 3.78. The summed E-state index contributed by atoms with van der Waals surface area (Å²) in [5, 5.41) is 3.01. The minimum atomic E-state index is -4.71. The lowest BCUT2D eigenvalue weighted by atomic mass is 10.1. The zero-order chi connectivity index (χ0) is 20.2. The molecule has 2 rings (SSSR count). The van der Waals surface area contributed by atoms with Gasteiger partial charge in [0.25, 0.3) is 5.91 Å². The normalized spacial score (nSPS) is 13.1. The van der Waals surface area contributed by atoms with E-state index in [0.29, 0.717) is 22.7 Å². The molecule has 0 radical (unpaired) electrons. The van der Waals surface area contributed by atoms with Crippen LogP contribution in [0.3, 0.4) is 0 Å². The molecule has 1 amide bonds. The molecule has 0 unspecified atom stereocenters. The van der Waals surface area contributed by atoms with Crippen molar-refractivity contribution in [3.63, 3.8) is 0 Å². The van der Waals surface area contributed by atoms with Gasteiger partial charge in [0.15, 0.2) is 0 Å². The summed E-state index contributed by atoms with van der Waals surface area (Å²) in [7, 11) is 1.24. The van der Waals surface area contributed by atoms with E-state index in [-0.39, 0.29) is 17.5 Å². The number of carbonyl (C=O) groups is 1. The summed E-state index contributed by atoms with van der Waals surface area (Å²) < 4.78 is 43.3. The first-order chi connectivity index (χ1) is 12.6. The van der Waals surface area contributed by atoms with Gasteiger partial charge in [0, 0.05) is 30.3 Å². The zero-order valence-electron chi connectivity index (χ0n) is 15.0. The van der Waals surface area contributed by atoms with Crippen LogP contribution in [0.4, 0.5) is 13.2 Å². The lowest BCUT2D eigenvalue weighted by Crippen LogP contribution is -2.31. The molecular weight excluding hydrogens is 361 g/mol. The number of halogens is 3. The van der Waals surface area contributed by atoms with Crippen molar-refractivity contribution in [3.05, 3.63) is 47.8 Å². The molecule has 6 nitrogen and oxygen atoms in total. The lowest BCUT2D eigenvalue weighted by Gasteiger charge is -2.12. The molecule has 144 valence electrons. The number of amidine groups is 1. The minimum Gasteiger partial charge on any atom is -0.490 e. The number of pyridine rings is 1. The molecule has 1 aromatic carbocycles. The van der Waals surface area contributed by atoms with Crippen molar-refractivity contribution in [3.8, 4) is 5.75 Å². The van der Waals surface area contributed by atoms with Gasteiger partial charge in [0.05, 0.1) is 11.6 Å². The Morgan fingerprint density at radius 3 is 2.63 bits per heavy atom. The molecule has 27 heavy (non-hydrogen) atoms. The van der Waals surface area contributed by atoms with Crippen molar-refractivity contribution in [2.75, 3.05) is 7.05 Å². The van der Waals surface area contributed by atoms with E-state index in [0.717, 1.165) is 0 Å². The average Bonchev–Trinajstić information content (AvgIpc) is 2.59. The number of rotatable bonds is 4. The van der Waals surface area contributed by atoms with Crippen molar-refractivity contribution >= 4 is 22.6 Å². The van der Waals surface area contributed by atoms with Crippen molar-refractivity contribution < 1.29 is 22.7 Å². The summed E-state index contributed by atoms with van der Waals surface area (Å²) >= 11 is 0. The Labute approximate surface area is 153 Å². The van der Waals surface area contributed by atoms with Crippen LogP contribution in [0.2, 0.25) is 0 Å². The highest BCUT2D eigenvalue weighted by molar-refractivity contribution is 6.11. The number of aromatic nitrogens is 1. The Hall–Kier alpha value is -3.10. The maximum Gasteiger partial charge on any atom is 0.430 e. The van der Waals surface area contributed by atoms with Crippen LogP contribution in [0.15, 0.2) is 47.2 Å². The van der Waals surface area contributed by atoms with Crippen LogP contribution in [0.25, 0.3) is 10.9 Å². The van der Waals surface area contributed by atoms with Crippen LogP contribution < -0.4 is 15.8 Å². The van der Waals surface area contributed by atoms with Crippen LogP contribution in [0, 0.1) is 0 Å². The highest BCUT2D eigenvalue weighted by Gasteiger charge is 2.31. The maximum absolute atomic E-state index is 12.5. The van der Waals surface area contributed by atoms with Crippen molar-refractivity contribution in [2.24, 2.45) is 10.7 Å². The fourth-order valence-electron chi connectivity index (χ4n) is 2.19. The number of nitrogens with one attached hydrogen (secondary N) is 1. The molecule has 1 heterocycles. The van der Waals surface area contributed by atoms with Gasteiger partial charge >= 0.3 is 6.18 Å². The zero-order valence-corrected chi connectivity index (χ0v) is 15.0. The summed E-state index contributed by atoms with van der Waals surface area (Å²) in [5.41, 5.74) is 4.31. The third-order valence-electron chi connectivity index (χ3n) is 3.43. The Balaban J connectivity index is 2.27. The number of allylic oxidation sites excluding steroid dienone is 1. The molecule has 0 saturated carbocycles. The third kappa shape index (κ3) is 5.19. The number of benzene rings is 1. The molecule has 0 bridgehead atoms. The molecule has 3 N–H and O–H groups in total. The minimum absolute atomic E-state index is 0.0345. The molecule has 0 aliphatic carbocycles. The number of nitrogens with two attached hydrogens (primary N) is 1. The van der Waals surface area contributed by atoms with E-state index in [1.165, 1.54) is 19.2 Å². The molecule has 1 aromatic heterocycles. The van der Waals surface area contributed by atoms with Gasteiger partial charge in [-0.15, -0.1) is 0 Å². The van der Waals surface area contributed by atoms with E-state index in [2.05, 4.69) is 15.3 Å². The number of hydrogen-bond donors (Lipinski definition) is 2. The van der Waals surface area contributed by atoms with Gasteiger partial charge in [-0.2, -0.15) is 13.2 Å². The van der Waals surface area contributed by atoms with E-state index in [1.54, 1.807) is 18.3 Å². The average molecular weight is 380 g/mol. The summed E-state index contributed by atoms with van der Waals surface area (Å²) in [6, 6.07) is 6.42. The van der Waals surface area contributed by atoms with Crippen molar-refractivity contribution in [1.29, 1.82) is 0 Å². The number of aliphatic imine (C=N–C) groups is 1. The quantitative estimate of drug-likeness (QED) is 0.630. The van der Waals surface area contributed by atoms with E-state index < -0.39 is 17.8 Å². The second-order valence-electron chi connectivity index (χ2n) is 5.87. The fraction of sp³-hybridized carbons (Fsp3) is 0.278. The number of carbonyl (C=O) groups excluding carboxylic acids is 1. The predicted molar refractivity (Wildman–Crippen MR) is 96.7 cm³/mol. The van der Waals surface area contributed by atoms with Gasteiger partial charge in [-0.3, -0.25) is 14.8 Å². The highest BCUT2D eigenvalue weighted by Crippen LogP contribution is 2.25. The Morgan fingerprint density at radius 1 is 1.33 bits per heavy atom. The van der Waals surface area contributed by atoms with E-state index in [4.69, 9.17) is 10.5 Å². The molecule has 0 spiro atoms. The summed E-state index contributed by atoms with van der Waals surface area (Å²) in [6.07, 6.45) is -2.63. The third-order valence-corrected chi connectivity index (χ3v) is 3.43. The van der Waals surface area contributed by atoms with Crippen LogP contribution in [0.1, 0.15) is 24.2 Å². The van der Waals surface area contributed by atoms with Crippen LogP contribution in [0.5, 0.6) is 5.75 Å². The number of fused-ring (bicyclic) bond motifs is 1. The van der Waals surface area contributed by atoms with Crippen LogP contribution in [-0.2, 0) is 0 Å². The topological polar surface area (TPSA) is 89.6 Å². The standard InChI is InChI=1S/C18H19F3N4O2/c1-10(2)27-14-6-7-24-13-8-11(4-5-12(13)14)17(26)25-16(23-3)9-15(22)18(19,20)21/h4-10H,22H2,1-3H3,(H,23,25,26). The van der Waals surface area contributed by atoms with Crippen LogP contribution in [-0.4, -0.2) is 36.1 Å². The molecule has 2 aromatic rings. The second-order valence-corrected chi connectivity index (χ2v) is 5.87. The first kappa shape index (κ1) is 20.2. The number of nitrogens with zero attached hydrogens (tertiary/aromatic N) is 2. The van der Waals surface area contributed by atoms with Crippen molar-refractivity contribution in [1.82, 2.24) is 10.3 Å². The Morgan fingerprint density at radius 2 is 2.04 bits per heavy atom. The van der Waals surface area contributed by atoms with E-state index in [9.17, 15) is 18.0 Å². The lowest BCUT2D eigenvalue weighted by molar-refractivity contribution is -0.0925. The largest absolute Gasteiger partial charge is 0.490 e. The number of alkyl halides is 3. The second kappa shape index (κ2) is 8.07. The molecule has 0 aliphatic heterocycles. The van der Waals surface area contributed by atoms with Gasteiger partial charge in [-0.05, 0) is 38.1 Å². The Bertz CT molecular complexity index is 905. The number of hydrogen-bond acceptors (Lipinski definition) is 5. The van der Waals surface area contributed by atoms with Gasteiger partial charge < -0.3 is 15.8 Å². The first-order valence-electron chi connectivity index (χ1n) is 7.99. The molecule has 0 aliphatic rings. The molecular formula is C18H19F3N4O2. The number of amides is 1. The van der Waals surface area contributed by atoms with Gasteiger partial charge in [-0.25, -0.2) is 0 Å². The van der Waals surface area contributed by atoms with Gasteiger partial charge in [-0.1, -0.05) is 0 Å². The molecule has 0 fully saturated rings. The highest BCUT2D eigenvalue weighted by atomic mass is 19.4. The van der Waals surface area contributed by atoms with E-state index >= 15 is 0 Å². The summed E-state index contributed by atoms with van der Waals surface area (Å²) in [4.78, 5) is 20.2. The SMILES string of the molecule is CN=C(C=C(N)C(F)(F)F)NC(=O)c1ccc2c(OC(C)C)ccnc2c1. The fourth-order valence-corrected chi connectivity index (χ4v) is 2.19. The van der Waals surface area contributed by atoms with Crippen LogP contribution >= 0.6 is 0 Å². The predicted octanol–water partition coefficient (Wildman–Crippen LogP) is 3.19. The first-order valence-corrected chi connectivity index (χ1v) is 7.99. The molecule has 0 atom stereocenters. The van der Waals surface area contributed by atoms with Gasteiger partial charge in [0.1, 0.15) is 17.3 Å². The summed E-state index contributed by atoms with van der Waals surface area (Å²) in [5.74, 6) is -0.320. The molecule has 0 saturated heterocycles. The van der Waals surface area contributed by atoms with E-state index in [1.807, 2.05) is 13.8 Å². The Kier molecular flexibility index (Phi) is 6.04. The smallest absolute Gasteiger partial charge is 0.430 e. The molecule has 9 heteroatoms. The van der Waals surface area contributed by atoms with Gasteiger partial charge in [0.2, 0.25) is 0 Å². The monoisotopic (exact) mass is 380 g/mol.